The lowest BCUT2D eigenvalue weighted by Crippen LogP contribution is -2.21. The number of hydrogen-bond donors (Lipinski definition) is 1. The molecule has 1 atom stereocenters. The third-order valence-electron chi connectivity index (χ3n) is 5.73. The number of nitrogens with zero attached hydrogens (tertiary/aromatic N) is 1. The van der Waals surface area contributed by atoms with Gasteiger partial charge in [-0.15, -0.1) is 5.73 Å². The van der Waals surface area contributed by atoms with Crippen molar-refractivity contribution in [3.8, 4) is 17.2 Å². The highest BCUT2D eigenvalue weighted by Crippen LogP contribution is 2.38. The van der Waals surface area contributed by atoms with Crippen molar-refractivity contribution in [3.63, 3.8) is 0 Å². The molecule has 0 unspecified atom stereocenters. The number of likely N-dealkylation sites (N-methyl/N-ethyl adjacent to an activating group) is 1. The highest BCUT2D eigenvalue weighted by molar-refractivity contribution is 7.92. The zero-order chi connectivity index (χ0) is 25.0. The number of sulfonamides is 1. The molecule has 0 bridgehead atoms. The summed E-state index contributed by atoms with van der Waals surface area (Å²) in [4.78, 5) is 2.20. The molecule has 2 aromatic carbocycles. The van der Waals surface area contributed by atoms with Gasteiger partial charge in [-0.3, -0.25) is 4.72 Å². The Kier molecular flexibility index (Phi) is 7.57. The minimum atomic E-state index is -4.04. The average molecular weight is 515 g/mol. The smallest absolute Gasteiger partial charge is 0.262 e. The second-order valence-corrected chi connectivity index (χ2v) is 10.3. The van der Waals surface area contributed by atoms with Gasteiger partial charge in [0.1, 0.15) is 11.9 Å². The van der Waals surface area contributed by atoms with Gasteiger partial charge in [0, 0.05) is 30.8 Å². The molecule has 184 valence electrons. The number of halogens is 1. The Bertz CT molecular complexity index is 1340. The summed E-state index contributed by atoms with van der Waals surface area (Å²) in [7, 11) is 0.946. The number of likely N-dealkylation sites (tertiary alicyclic amines) is 1. The normalized spacial score (nSPS) is 17.7. The Labute approximate surface area is 211 Å². The maximum Gasteiger partial charge on any atom is 0.262 e. The van der Waals surface area contributed by atoms with Crippen LogP contribution in [0.15, 0.2) is 71.3 Å². The number of benzene rings is 2. The summed E-state index contributed by atoms with van der Waals surface area (Å²) >= 11 is 6.34. The van der Waals surface area contributed by atoms with E-state index in [0.29, 0.717) is 39.1 Å². The van der Waals surface area contributed by atoms with E-state index in [4.69, 9.17) is 25.8 Å². The number of methoxy groups -OCH3 is 2. The van der Waals surface area contributed by atoms with Crippen LogP contribution in [0.1, 0.15) is 12.0 Å². The van der Waals surface area contributed by atoms with Gasteiger partial charge in [-0.05, 0) is 49.4 Å². The van der Waals surface area contributed by atoms with Crippen LogP contribution in [0.25, 0.3) is 5.57 Å². The topological polar surface area (TPSA) is 77.1 Å². The van der Waals surface area contributed by atoms with E-state index in [1.807, 2.05) is 25.3 Å². The van der Waals surface area contributed by atoms with Gasteiger partial charge in [0.2, 0.25) is 0 Å². The highest BCUT2D eigenvalue weighted by Gasteiger charge is 2.25. The summed E-state index contributed by atoms with van der Waals surface area (Å²) < 4.78 is 46.8. The minimum Gasteiger partial charge on any atom is -0.493 e. The van der Waals surface area contributed by atoms with Crippen LogP contribution >= 0.6 is 11.6 Å². The van der Waals surface area contributed by atoms with E-state index in [-0.39, 0.29) is 11.0 Å². The molecular formula is C26H27ClN2O5S. The van der Waals surface area contributed by atoms with Gasteiger partial charge in [0.05, 0.1) is 29.8 Å². The van der Waals surface area contributed by atoms with Gasteiger partial charge in [-0.25, -0.2) is 8.42 Å². The fourth-order valence-corrected chi connectivity index (χ4v) is 5.41. The van der Waals surface area contributed by atoms with Gasteiger partial charge >= 0.3 is 0 Å². The molecule has 7 nitrogen and oxygen atoms in total. The van der Waals surface area contributed by atoms with Crippen molar-refractivity contribution in [1.82, 2.24) is 4.90 Å². The molecule has 1 saturated heterocycles. The summed E-state index contributed by atoms with van der Waals surface area (Å²) in [6, 6.07) is 7.92. The molecule has 2 aliphatic rings. The van der Waals surface area contributed by atoms with E-state index in [9.17, 15) is 8.42 Å². The van der Waals surface area contributed by atoms with Crippen LogP contribution in [-0.2, 0) is 10.0 Å². The number of ether oxygens (including phenoxy) is 3. The summed E-state index contributed by atoms with van der Waals surface area (Å²) in [5, 5.41) is 0.418. The van der Waals surface area contributed by atoms with Crippen LogP contribution in [0.4, 0.5) is 5.69 Å². The maximum atomic E-state index is 13.6. The van der Waals surface area contributed by atoms with E-state index < -0.39 is 10.0 Å². The van der Waals surface area contributed by atoms with Crippen LogP contribution in [0.5, 0.6) is 17.2 Å². The van der Waals surface area contributed by atoms with Gasteiger partial charge in [-0.1, -0.05) is 29.8 Å². The summed E-state index contributed by atoms with van der Waals surface area (Å²) in [5.41, 5.74) is 4.45. The number of anilines is 1. The van der Waals surface area contributed by atoms with Crippen molar-refractivity contribution in [2.45, 2.75) is 17.4 Å². The van der Waals surface area contributed by atoms with Crippen molar-refractivity contribution in [2.75, 3.05) is 39.1 Å². The zero-order valence-corrected chi connectivity index (χ0v) is 21.3. The molecule has 1 heterocycles. The third kappa shape index (κ3) is 5.74. The Hall–Kier alpha value is -3.16. The molecule has 35 heavy (non-hydrogen) atoms. The number of allylic oxidation sites excluding steroid dienone is 5. The van der Waals surface area contributed by atoms with E-state index >= 15 is 0 Å². The summed E-state index contributed by atoms with van der Waals surface area (Å²) in [6.45, 7) is 1.72. The third-order valence-corrected chi connectivity index (χ3v) is 7.46. The second-order valence-electron chi connectivity index (χ2n) is 8.23. The van der Waals surface area contributed by atoms with Crippen LogP contribution < -0.4 is 18.9 Å². The van der Waals surface area contributed by atoms with Gasteiger partial charge in [0.15, 0.2) is 11.5 Å². The van der Waals surface area contributed by atoms with E-state index in [2.05, 4.69) is 15.4 Å². The largest absolute Gasteiger partial charge is 0.493 e. The minimum absolute atomic E-state index is 0.00289. The second kappa shape index (κ2) is 10.6. The molecule has 0 aromatic heterocycles. The molecule has 0 spiro atoms. The standard InChI is InChI=1S/C26H27ClN2O5S/c1-29-13-12-20(17-29)34-23-14-19(10-11-22(23)27)28-35(30,31)26-16-25(33-3)24(32-2)15-21(26)18-8-6-4-5-7-9-18/h4-6,8-11,14-16,20,28H,12-13,17H2,1-3H3/t20-/m1/s1. The molecule has 0 amide bonds. The average Bonchev–Trinajstić information content (AvgIpc) is 3.07. The lowest BCUT2D eigenvalue weighted by molar-refractivity contribution is 0.208. The predicted molar refractivity (Wildman–Crippen MR) is 138 cm³/mol. The predicted octanol–water partition coefficient (Wildman–Crippen LogP) is 4.91. The fraction of sp³-hybridized carbons (Fsp3) is 0.269. The summed E-state index contributed by atoms with van der Waals surface area (Å²) in [6.07, 6.45) is 9.77. The van der Waals surface area contributed by atoms with Gasteiger partial charge < -0.3 is 19.1 Å². The first-order valence-electron chi connectivity index (χ1n) is 11.0. The molecule has 4 rings (SSSR count). The maximum absolute atomic E-state index is 13.6. The van der Waals surface area contributed by atoms with Crippen molar-refractivity contribution < 1.29 is 22.6 Å². The van der Waals surface area contributed by atoms with Crippen molar-refractivity contribution in [1.29, 1.82) is 0 Å². The fourth-order valence-electron chi connectivity index (χ4n) is 3.97. The van der Waals surface area contributed by atoms with Crippen molar-refractivity contribution >= 4 is 32.9 Å². The molecule has 9 heteroatoms. The van der Waals surface area contributed by atoms with Gasteiger partial charge in [0.25, 0.3) is 10.0 Å². The zero-order valence-electron chi connectivity index (χ0n) is 19.7. The molecule has 1 fully saturated rings. The molecule has 0 radical (unpaired) electrons. The number of hydrogen-bond acceptors (Lipinski definition) is 6. The molecule has 0 saturated carbocycles. The van der Waals surface area contributed by atoms with Crippen molar-refractivity contribution in [3.05, 3.63) is 77.0 Å². The molecule has 1 aliphatic carbocycles. The van der Waals surface area contributed by atoms with Crippen LogP contribution in [0.3, 0.4) is 0 Å². The van der Waals surface area contributed by atoms with E-state index in [1.165, 1.54) is 20.3 Å². The first-order valence-corrected chi connectivity index (χ1v) is 12.9. The lowest BCUT2D eigenvalue weighted by Gasteiger charge is -2.18. The van der Waals surface area contributed by atoms with Crippen LogP contribution in [0.2, 0.25) is 5.02 Å². The molecular weight excluding hydrogens is 488 g/mol. The molecule has 2 aromatic rings. The number of nitrogens with one attached hydrogen (secondary N) is 1. The van der Waals surface area contributed by atoms with Crippen LogP contribution in [0, 0.1) is 0 Å². The highest BCUT2D eigenvalue weighted by atomic mass is 35.5. The first kappa shape index (κ1) is 24.9. The van der Waals surface area contributed by atoms with Crippen molar-refractivity contribution in [2.24, 2.45) is 0 Å². The SMILES string of the molecule is COc1cc(C2=CC=CC=C=C2)c(S(=O)(=O)Nc2ccc(Cl)c(O[C@@H]3CCN(C)C3)c2)cc1OC. The quantitative estimate of drug-likeness (QED) is 0.505. The molecule has 1 aliphatic heterocycles. The molecule has 1 N–H and O–H groups in total. The summed E-state index contributed by atoms with van der Waals surface area (Å²) in [5.74, 6) is 1.15. The van der Waals surface area contributed by atoms with Crippen LogP contribution in [-0.4, -0.2) is 53.8 Å². The number of rotatable bonds is 8. The Morgan fingerprint density at radius 3 is 2.57 bits per heavy atom. The lowest BCUT2D eigenvalue weighted by atomic mass is 10.0. The first-order chi connectivity index (χ1) is 16.8. The Morgan fingerprint density at radius 2 is 1.86 bits per heavy atom. The van der Waals surface area contributed by atoms with Gasteiger partial charge in [-0.2, -0.15) is 0 Å². The van der Waals surface area contributed by atoms with E-state index in [0.717, 1.165) is 19.5 Å². The monoisotopic (exact) mass is 514 g/mol. The Balaban J connectivity index is 1.72. The Morgan fingerprint density at radius 1 is 1.09 bits per heavy atom. The van der Waals surface area contributed by atoms with E-state index in [1.54, 1.807) is 36.4 Å².